The Hall–Kier alpha value is 0.884. The van der Waals surface area contributed by atoms with Crippen LogP contribution in [0.5, 0.6) is 0 Å². The molecule has 0 rings (SSSR count). The van der Waals surface area contributed by atoms with Crippen LogP contribution in [0.4, 0.5) is 0 Å². The zero-order valence-corrected chi connectivity index (χ0v) is 64.1. The Morgan fingerprint density at radius 1 is 0.149 bits per heavy atom. The van der Waals surface area contributed by atoms with Crippen LogP contribution in [0.3, 0.4) is 0 Å². The standard InChI is InChI=1S/2C36H74N.C10H22O.ClH.Ti/c2*1-3-5-7-9-11-13-15-17-19-21-23-25-27-29-31-33-35-37-36-34-32-30-28-26-24-22-20-18-16-14-12-10-8-6-4-2;1-2-3-4-5-6-7-8-9-10-11;;/h2*3-36H2,1-2H3;11H,2-10H2,1H3;1H;/q2*-1;;;+2. The number of hydrogen-bond donors (Lipinski definition) is 1. The summed E-state index contributed by atoms with van der Waals surface area (Å²) < 4.78 is 0. The van der Waals surface area contributed by atoms with Gasteiger partial charge in [-0.2, -0.15) is 0 Å². The van der Waals surface area contributed by atoms with Gasteiger partial charge in [-0.25, -0.2) is 0 Å². The molecule has 0 aromatic carbocycles. The van der Waals surface area contributed by atoms with E-state index in [9.17, 15) is 0 Å². The number of aliphatic hydroxyl groups is 1. The van der Waals surface area contributed by atoms with E-state index in [-0.39, 0.29) is 34.1 Å². The largest absolute Gasteiger partial charge is 2.00 e. The minimum Gasteiger partial charge on any atom is -0.662 e. The van der Waals surface area contributed by atoms with Crippen molar-refractivity contribution >= 4 is 12.4 Å². The molecular weight excluding hydrogens is 1110 g/mol. The molecule has 0 unspecified atom stereocenters. The van der Waals surface area contributed by atoms with Gasteiger partial charge in [-0.3, -0.25) is 0 Å². The number of aliphatic hydroxyl groups excluding tert-OH is 1. The summed E-state index contributed by atoms with van der Waals surface area (Å²) in [6, 6.07) is 0. The molecule has 0 saturated carbocycles. The molecule has 0 saturated heterocycles. The number of rotatable bonds is 76. The van der Waals surface area contributed by atoms with Crippen LogP contribution in [-0.2, 0) is 21.7 Å². The molecule has 3 nitrogen and oxygen atoms in total. The molecule has 0 aromatic heterocycles. The van der Waals surface area contributed by atoms with Crippen LogP contribution in [0, 0.1) is 0 Å². The van der Waals surface area contributed by atoms with Crippen molar-refractivity contribution in [3.8, 4) is 0 Å². The maximum absolute atomic E-state index is 8.51. The summed E-state index contributed by atoms with van der Waals surface area (Å²) in [6.45, 7) is 16.3. The normalized spacial score (nSPS) is 11.1. The molecule has 5 heteroatoms. The molecule has 0 fully saturated rings. The van der Waals surface area contributed by atoms with Crippen LogP contribution in [0.25, 0.3) is 10.6 Å². The van der Waals surface area contributed by atoms with Crippen molar-refractivity contribution in [1.82, 2.24) is 0 Å². The third-order valence-corrected chi connectivity index (χ3v) is 18.7. The van der Waals surface area contributed by atoms with Crippen molar-refractivity contribution in [3.05, 3.63) is 10.6 Å². The van der Waals surface area contributed by atoms with Gasteiger partial charge in [0.15, 0.2) is 0 Å². The molecule has 0 aliphatic rings. The summed E-state index contributed by atoms with van der Waals surface area (Å²) in [5.41, 5.74) is 0. The Labute approximate surface area is 575 Å². The molecule has 1 N–H and O–H groups in total. The van der Waals surface area contributed by atoms with Crippen LogP contribution in [0.1, 0.15) is 497 Å². The molecule has 526 valence electrons. The topological polar surface area (TPSA) is 48.4 Å². The molecule has 0 heterocycles. The Morgan fingerprint density at radius 3 is 0.345 bits per heavy atom. The molecular formula is C82H171ClN2OTi. The Balaban J connectivity index is -0.000000430. The van der Waals surface area contributed by atoms with Gasteiger partial charge in [0, 0.05) is 6.61 Å². The van der Waals surface area contributed by atoms with Gasteiger partial charge in [-0.15, -0.1) is 38.6 Å². The summed E-state index contributed by atoms with van der Waals surface area (Å²) >= 11 is 0. The van der Waals surface area contributed by atoms with Gasteiger partial charge < -0.3 is 15.7 Å². The molecule has 0 aliphatic heterocycles. The van der Waals surface area contributed by atoms with Gasteiger partial charge in [0.2, 0.25) is 0 Å². The Bertz CT molecular complexity index is 887. The molecule has 87 heavy (non-hydrogen) atoms. The second-order valence-electron chi connectivity index (χ2n) is 27.8. The van der Waals surface area contributed by atoms with Crippen molar-refractivity contribution < 1.29 is 26.8 Å². The average molecular weight is 1280 g/mol. The monoisotopic (exact) mass is 1280 g/mol. The Kier molecular flexibility index (Phi) is 111. The zero-order chi connectivity index (χ0) is 61.9. The second-order valence-corrected chi connectivity index (χ2v) is 27.8. The molecule has 0 radical (unpaired) electrons. The van der Waals surface area contributed by atoms with Crippen molar-refractivity contribution in [2.24, 2.45) is 0 Å². The van der Waals surface area contributed by atoms with Crippen LogP contribution >= 0.6 is 12.4 Å². The molecule has 0 spiro atoms. The van der Waals surface area contributed by atoms with Gasteiger partial charge >= 0.3 is 21.7 Å². The minimum absolute atomic E-state index is 0. The van der Waals surface area contributed by atoms with Gasteiger partial charge in [0.1, 0.15) is 0 Å². The number of nitrogens with zero attached hydrogens (tertiary/aromatic N) is 2. The number of unbranched alkanes of at least 4 members (excludes halogenated alkanes) is 67. The molecule has 0 aliphatic carbocycles. The number of halogens is 1. The summed E-state index contributed by atoms with van der Waals surface area (Å²) in [4.78, 5) is 0. The summed E-state index contributed by atoms with van der Waals surface area (Å²) in [7, 11) is 0. The summed E-state index contributed by atoms with van der Waals surface area (Å²) in [6.07, 6.45) is 103. The van der Waals surface area contributed by atoms with Crippen molar-refractivity contribution in [3.63, 3.8) is 0 Å². The SMILES string of the molecule is CCCCCCCCCCCCCCCCCC[N-]CCCCCCCCCCCCCCCCCC.CCCCCCCCCCCCCCCCCC[N-]CCCCCCCCCCCCCCCCCC.CCCCCCCCCCO.Cl.[Ti+2]. The summed E-state index contributed by atoms with van der Waals surface area (Å²) in [5, 5.41) is 18.1. The maximum atomic E-state index is 8.51. The van der Waals surface area contributed by atoms with Gasteiger partial charge in [0.25, 0.3) is 0 Å². The second kappa shape index (κ2) is 100. The molecule has 0 bridgehead atoms. The first-order valence-electron chi connectivity index (χ1n) is 41.1. The van der Waals surface area contributed by atoms with Crippen LogP contribution in [-0.4, -0.2) is 37.9 Å². The Morgan fingerprint density at radius 2 is 0.241 bits per heavy atom. The minimum atomic E-state index is 0. The van der Waals surface area contributed by atoms with E-state index in [1.807, 2.05) is 0 Å². The van der Waals surface area contributed by atoms with E-state index >= 15 is 0 Å². The fourth-order valence-electron chi connectivity index (χ4n) is 12.6. The summed E-state index contributed by atoms with van der Waals surface area (Å²) in [5.74, 6) is 0. The van der Waals surface area contributed by atoms with Gasteiger partial charge in [-0.05, 0) is 6.42 Å². The fraction of sp³-hybridized carbons (Fsp3) is 1.00. The number of hydrogen-bond acceptors (Lipinski definition) is 1. The van der Waals surface area contributed by atoms with Crippen molar-refractivity contribution in [1.29, 1.82) is 0 Å². The molecule has 0 amide bonds. The first-order valence-corrected chi connectivity index (χ1v) is 41.1. The zero-order valence-electron chi connectivity index (χ0n) is 61.7. The van der Waals surface area contributed by atoms with Crippen LogP contribution in [0.15, 0.2) is 0 Å². The predicted octanol–water partition coefficient (Wildman–Crippen LogP) is 31.3. The molecule has 0 atom stereocenters. The van der Waals surface area contributed by atoms with Crippen molar-refractivity contribution in [2.75, 3.05) is 32.8 Å². The van der Waals surface area contributed by atoms with E-state index in [1.54, 1.807) is 0 Å². The average Bonchev–Trinajstić information content (AvgIpc) is 3.51. The van der Waals surface area contributed by atoms with E-state index in [1.165, 1.54) is 456 Å². The maximum Gasteiger partial charge on any atom is 2.00 e. The van der Waals surface area contributed by atoms with E-state index < -0.39 is 0 Å². The van der Waals surface area contributed by atoms with Crippen LogP contribution < -0.4 is 0 Å². The van der Waals surface area contributed by atoms with Gasteiger partial charge in [0.05, 0.1) is 0 Å². The quantitative estimate of drug-likeness (QED) is 0.0479. The third kappa shape index (κ3) is 106. The van der Waals surface area contributed by atoms with Crippen LogP contribution in [0.2, 0.25) is 0 Å². The predicted molar refractivity (Wildman–Crippen MR) is 401 cm³/mol. The van der Waals surface area contributed by atoms with Crippen molar-refractivity contribution in [2.45, 2.75) is 497 Å². The van der Waals surface area contributed by atoms with E-state index in [0.29, 0.717) is 6.61 Å². The fourth-order valence-corrected chi connectivity index (χ4v) is 12.6. The van der Waals surface area contributed by atoms with E-state index in [0.717, 1.165) is 32.6 Å². The first-order chi connectivity index (χ1) is 42.2. The van der Waals surface area contributed by atoms with E-state index in [2.05, 4.69) is 34.6 Å². The smallest absolute Gasteiger partial charge is 0.662 e. The van der Waals surface area contributed by atoms with Gasteiger partial charge in [-0.1, -0.05) is 490 Å². The molecule has 0 aromatic rings. The first kappa shape index (κ1) is 96.6. The van der Waals surface area contributed by atoms with E-state index in [4.69, 9.17) is 15.7 Å². The third-order valence-electron chi connectivity index (χ3n) is 18.7.